The highest BCUT2D eigenvalue weighted by molar-refractivity contribution is 7.11. The van der Waals surface area contributed by atoms with Crippen LogP contribution in [0.15, 0.2) is 29.6 Å². The predicted molar refractivity (Wildman–Crippen MR) is 71.1 cm³/mol. The van der Waals surface area contributed by atoms with Crippen LogP contribution in [-0.2, 0) is 6.61 Å². The summed E-state index contributed by atoms with van der Waals surface area (Å²) in [5.41, 5.74) is 2.70. The number of thiazole rings is 1. The lowest BCUT2D eigenvalue weighted by atomic mass is 10.3. The lowest BCUT2D eigenvalue weighted by Crippen LogP contribution is -2.29. The lowest BCUT2D eigenvalue weighted by molar-refractivity contribution is 0.0953. The predicted octanol–water partition coefficient (Wildman–Crippen LogP) is 1.33. The van der Waals surface area contributed by atoms with Gasteiger partial charge in [-0.2, -0.15) is 0 Å². The number of nitrogens with zero attached hydrogens (tertiary/aromatic N) is 1. The molecule has 0 atom stereocenters. The number of para-hydroxylation sites is 2. The third-order valence-electron chi connectivity index (χ3n) is 2.32. The van der Waals surface area contributed by atoms with E-state index in [-0.39, 0.29) is 6.61 Å². The summed E-state index contributed by atoms with van der Waals surface area (Å²) in [5.74, 6) is 5.91. The van der Waals surface area contributed by atoms with Gasteiger partial charge in [-0.15, -0.1) is 11.3 Å². The van der Waals surface area contributed by atoms with Crippen LogP contribution in [0.4, 0.5) is 0 Å². The first kappa shape index (κ1) is 13.3. The number of rotatable bonds is 5. The molecule has 100 valence electrons. The fraction of sp³-hybridized carbons (Fsp3) is 0.167. The van der Waals surface area contributed by atoms with Crippen LogP contribution < -0.4 is 20.7 Å². The second-order valence-electron chi connectivity index (χ2n) is 3.56. The first-order valence-corrected chi connectivity index (χ1v) is 6.33. The normalized spacial score (nSPS) is 10.0. The summed E-state index contributed by atoms with van der Waals surface area (Å²) in [6.07, 6.45) is 0. The van der Waals surface area contributed by atoms with E-state index in [4.69, 9.17) is 15.3 Å². The second kappa shape index (κ2) is 6.17. The summed E-state index contributed by atoms with van der Waals surface area (Å²) in [5, 5.41) is 2.06. The summed E-state index contributed by atoms with van der Waals surface area (Å²) in [6.45, 7) is 0.259. The molecular formula is C12H13N3O3S. The van der Waals surface area contributed by atoms with Crippen LogP contribution >= 0.6 is 11.3 Å². The zero-order valence-corrected chi connectivity index (χ0v) is 11.1. The molecule has 0 bridgehead atoms. The zero-order valence-electron chi connectivity index (χ0n) is 10.3. The van der Waals surface area contributed by atoms with Crippen molar-refractivity contribution in [3.8, 4) is 11.5 Å². The van der Waals surface area contributed by atoms with Gasteiger partial charge in [-0.1, -0.05) is 12.1 Å². The fourth-order valence-electron chi connectivity index (χ4n) is 1.43. The molecule has 0 aliphatic heterocycles. The number of hydrazine groups is 1. The van der Waals surface area contributed by atoms with Gasteiger partial charge in [0, 0.05) is 5.38 Å². The summed E-state index contributed by atoms with van der Waals surface area (Å²) in [7, 11) is 1.58. The monoisotopic (exact) mass is 279 g/mol. The van der Waals surface area contributed by atoms with E-state index in [1.165, 1.54) is 11.3 Å². The molecule has 0 spiro atoms. The molecule has 2 aromatic rings. The molecule has 1 heterocycles. The number of nitrogens with two attached hydrogens (primary N) is 1. The van der Waals surface area contributed by atoms with E-state index in [0.29, 0.717) is 22.2 Å². The molecular weight excluding hydrogens is 266 g/mol. The van der Waals surface area contributed by atoms with Gasteiger partial charge in [0.1, 0.15) is 6.61 Å². The molecule has 2 rings (SSSR count). The SMILES string of the molecule is COc1ccccc1OCc1csc(C(=O)NN)n1. The van der Waals surface area contributed by atoms with E-state index < -0.39 is 5.91 Å². The molecule has 1 aromatic heterocycles. The molecule has 0 fully saturated rings. The van der Waals surface area contributed by atoms with Crippen molar-refractivity contribution in [2.45, 2.75) is 6.61 Å². The number of methoxy groups -OCH3 is 1. The van der Waals surface area contributed by atoms with Crippen LogP contribution in [0.3, 0.4) is 0 Å². The van der Waals surface area contributed by atoms with Crippen LogP contribution in [0.5, 0.6) is 11.5 Å². The molecule has 1 aromatic carbocycles. The van der Waals surface area contributed by atoms with Gasteiger partial charge in [0.05, 0.1) is 12.8 Å². The average Bonchev–Trinajstić information content (AvgIpc) is 2.93. The molecule has 6 nitrogen and oxygen atoms in total. The largest absolute Gasteiger partial charge is 0.493 e. The van der Waals surface area contributed by atoms with Crippen molar-refractivity contribution in [2.75, 3.05) is 7.11 Å². The van der Waals surface area contributed by atoms with Gasteiger partial charge in [-0.05, 0) is 12.1 Å². The first-order valence-electron chi connectivity index (χ1n) is 5.45. The standard InChI is InChI=1S/C12H13N3O3S/c1-17-9-4-2-3-5-10(9)18-6-8-7-19-12(14-8)11(16)15-13/h2-5,7H,6,13H2,1H3,(H,15,16). The number of nitrogen functional groups attached to an aromatic ring is 1. The highest BCUT2D eigenvalue weighted by atomic mass is 32.1. The van der Waals surface area contributed by atoms with Crippen molar-refractivity contribution in [3.63, 3.8) is 0 Å². The number of nitrogens with one attached hydrogen (secondary N) is 1. The quantitative estimate of drug-likeness (QED) is 0.490. The number of carbonyl (C=O) groups is 1. The number of hydrogen-bond acceptors (Lipinski definition) is 6. The van der Waals surface area contributed by atoms with Crippen molar-refractivity contribution in [1.29, 1.82) is 0 Å². The lowest BCUT2D eigenvalue weighted by Gasteiger charge is -2.08. The smallest absolute Gasteiger partial charge is 0.294 e. The second-order valence-corrected chi connectivity index (χ2v) is 4.42. The summed E-state index contributed by atoms with van der Waals surface area (Å²) in [6, 6.07) is 7.33. The van der Waals surface area contributed by atoms with E-state index in [1.54, 1.807) is 18.6 Å². The molecule has 0 saturated heterocycles. The summed E-state index contributed by atoms with van der Waals surface area (Å²) >= 11 is 1.21. The number of hydrogen-bond donors (Lipinski definition) is 2. The minimum absolute atomic E-state index is 0.259. The fourth-order valence-corrected chi connectivity index (χ4v) is 2.13. The molecule has 0 saturated carbocycles. The van der Waals surface area contributed by atoms with Crippen LogP contribution in [0.1, 0.15) is 15.5 Å². The van der Waals surface area contributed by atoms with Crippen LogP contribution in [0.2, 0.25) is 0 Å². The van der Waals surface area contributed by atoms with Gasteiger partial charge >= 0.3 is 0 Å². The molecule has 0 aliphatic rings. The minimum atomic E-state index is -0.409. The average molecular weight is 279 g/mol. The summed E-state index contributed by atoms with van der Waals surface area (Å²) in [4.78, 5) is 15.4. The Morgan fingerprint density at radius 3 is 2.84 bits per heavy atom. The molecule has 1 amide bonds. The topological polar surface area (TPSA) is 86.5 Å². The Hall–Kier alpha value is -2.12. The van der Waals surface area contributed by atoms with E-state index in [0.717, 1.165) is 0 Å². The Kier molecular flexibility index (Phi) is 4.32. The number of carbonyl (C=O) groups excluding carboxylic acids is 1. The van der Waals surface area contributed by atoms with Gasteiger partial charge in [0.25, 0.3) is 5.91 Å². The van der Waals surface area contributed by atoms with Gasteiger partial charge in [0.15, 0.2) is 16.5 Å². The third-order valence-corrected chi connectivity index (χ3v) is 3.21. The Balaban J connectivity index is 2.02. The van der Waals surface area contributed by atoms with Crippen LogP contribution in [0.25, 0.3) is 0 Å². The molecule has 0 radical (unpaired) electrons. The van der Waals surface area contributed by atoms with Crippen molar-refractivity contribution in [1.82, 2.24) is 10.4 Å². The van der Waals surface area contributed by atoms with E-state index >= 15 is 0 Å². The Morgan fingerprint density at radius 2 is 2.16 bits per heavy atom. The number of aromatic nitrogens is 1. The van der Waals surface area contributed by atoms with E-state index in [1.807, 2.05) is 23.6 Å². The zero-order chi connectivity index (χ0) is 13.7. The molecule has 19 heavy (non-hydrogen) atoms. The molecule has 7 heteroatoms. The van der Waals surface area contributed by atoms with E-state index in [2.05, 4.69) is 4.98 Å². The highest BCUT2D eigenvalue weighted by Crippen LogP contribution is 2.26. The number of ether oxygens (including phenoxy) is 2. The summed E-state index contributed by atoms with van der Waals surface area (Å²) < 4.78 is 10.8. The van der Waals surface area contributed by atoms with Crippen molar-refractivity contribution in [3.05, 3.63) is 40.3 Å². The number of benzene rings is 1. The maximum atomic E-state index is 11.3. The number of amides is 1. The Labute approximate surface area is 114 Å². The first-order chi connectivity index (χ1) is 9.24. The Bertz CT molecular complexity index is 571. The van der Waals surface area contributed by atoms with Gasteiger partial charge in [0.2, 0.25) is 0 Å². The third kappa shape index (κ3) is 3.21. The van der Waals surface area contributed by atoms with Crippen molar-refractivity contribution >= 4 is 17.2 Å². The maximum Gasteiger partial charge on any atom is 0.294 e. The highest BCUT2D eigenvalue weighted by Gasteiger charge is 2.10. The maximum absolute atomic E-state index is 11.3. The van der Waals surface area contributed by atoms with Crippen molar-refractivity contribution < 1.29 is 14.3 Å². The van der Waals surface area contributed by atoms with Crippen LogP contribution in [0, 0.1) is 0 Å². The van der Waals surface area contributed by atoms with Crippen LogP contribution in [-0.4, -0.2) is 18.0 Å². The minimum Gasteiger partial charge on any atom is -0.493 e. The molecule has 3 N–H and O–H groups in total. The molecule has 0 unspecified atom stereocenters. The van der Waals surface area contributed by atoms with Crippen molar-refractivity contribution in [2.24, 2.45) is 5.84 Å². The molecule has 0 aliphatic carbocycles. The van der Waals surface area contributed by atoms with Gasteiger partial charge in [-0.3, -0.25) is 10.2 Å². The van der Waals surface area contributed by atoms with E-state index in [9.17, 15) is 4.79 Å². The van der Waals surface area contributed by atoms with Gasteiger partial charge < -0.3 is 9.47 Å². The Morgan fingerprint density at radius 1 is 1.42 bits per heavy atom. The van der Waals surface area contributed by atoms with Gasteiger partial charge in [-0.25, -0.2) is 10.8 Å².